The van der Waals surface area contributed by atoms with Crippen LogP contribution in [-0.4, -0.2) is 28.9 Å². The number of amides is 1. The lowest BCUT2D eigenvalue weighted by atomic mass is 9.88. The van der Waals surface area contributed by atoms with E-state index in [4.69, 9.17) is 22.1 Å². The number of piperidine rings is 1. The Morgan fingerprint density at radius 2 is 2.03 bits per heavy atom. The van der Waals surface area contributed by atoms with Crippen molar-refractivity contribution < 1.29 is 9.53 Å². The van der Waals surface area contributed by atoms with Crippen LogP contribution in [0.25, 0.3) is 0 Å². The summed E-state index contributed by atoms with van der Waals surface area (Å²) in [6, 6.07) is 9.06. The number of carbonyl (C=O) groups is 1. The molecule has 2 aromatic rings. The van der Waals surface area contributed by atoms with Crippen molar-refractivity contribution >= 4 is 17.5 Å². The number of pyridine rings is 1. The number of nitrogens with zero attached hydrogens (tertiary/aromatic N) is 2. The Hall–Kier alpha value is -2.63. The number of hydrogen-bond donors (Lipinski definition) is 1. The van der Waals surface area contributed by atoms with Crippen molar-refractivity contribution in [3.05, 3.63) is 76.5 Å². The molecular formula is C26H30ClN3O2. The molecule has 1 fully saturated rings. The number of halogens is 1. The maximum Gasteiger partial charge on any atom is 0.250 e. The van der Waals surface area contributed by atoms with E-state index in [2.05, 4.69) is 35.0 Å². The van der Waals surface area contributed by atoms with Gasteiger partial charge in [0.05, 0.1) is 10.6 Å². The molecule has 1 aromatic carbocycles. The zero-order valence-corrected chi connectivity index (χ0v) is 19.2. The zero-order valence-electron chi connectivity index (χ0n) is 18.5. The minimum atomic E-state index is -0.521. The first-order chi connectivity index (χ1) is 15.5. The standard InChI is InChI=1S/C26H30ClN3O2/c1-18-3-2-4-20(7-5-18)21-11-13-30(14-12-21)17-19-6-9-24(23(27)15-19)32-25-10-8-22(16-29-25)26(28)31/h4-10,15-16,18,21H,2-3,11-14,17H2,1H3,(H2,28,31). The van der Waals surface area contributed by atoms with Gasteiger partial charge < -0.3 is 10.5 Å². The fraction of sp³-hybridized carbons (Fsp3) is 0.385. The summed E-state index contributed by atoms with van der Waals surface area (Å²) >= 11 is 6.47. The molecule has 1 saturated heterocycles. The highest BCUT2D eigenvalue weighted by molar-refractivity contribution is 6.32. The van der Waals surface area contributed by atoms with Gasteiger partial charge in [0.2, 0.25) is 11.8 Å². The largest absolute Gasteiger partial charge is 0.437 e. The first kappa shape index (κ1) is 22.6. The molecule has 1 amide bonds. The van der Waals surface area contributed by atoms with E-state index in [0.717, 1.165) is 19.6 Å². The average Bonchev–Trinajstić information content (AvgIpc) is 3.01. The van der Waals surface area contributed by atoms with Crippen molar-refractivity contribution in [2.75, 3.05) is 13.1 Å². The predicted molar refractivity (Wildman–Crippen MR) is 128 cm³/mol. The molecule has 168 valence electrons. The summed E-state index contributed by atoms with van der Waals surface area (Å²) < 4.78 is 5.77. The van der Waals surface area contributed by atoms with Gasteiger partial charge in [-0.2, -0.15) is 0 Å². The molecule has 1 atom stereocenters. The third-order valence-corrected chi connectivity index (χ3v) is 6.61. The highest BCUT2D eigenvalue weighted by Gasteiger charge is 2.22. The van der Waals surface area contributed by atoms with Crippen LogP contribution in [0.5, 0.6) is 11.6 Å². The summed E-state index contributed by atoms with van der Waals surface area (Å²) in [4.78, 5) is 17.8. The van der Waals surface area contributed by atoms with Crippen LogP contribution in [0.2, 0.25) is 5.02 Å². The topological polar surface area (TPSA) is 68.5 Å². The summed E-state index contributed by atoms with van der Waals surface area (Å²) in [6.07, 6.45) is 13.4. The quantitative estimate of drug-likeness (QED) is 0.607. The fourth-order valence-electron chi connectivity index (χ4n) is 4.36. The molecule has 2 aliphatic rings. The minimum Gasteiger partial charge on any atom is -0.437 e. The summed E-state index contributed by atoms with van der Waals surface area (Å²) in [6.45, 7) is 5.37. The second-order valence-corrected chi connectivity index (χ2v) is 9.19. The molecule has 0 spiro atoms. The van der Waals surface area contributed by atoms with Gasteiger partial charge in [-0.1, -0.05) is 42.8 Å². The van der Waals surface area contributed by atoms with Gasteiger partial charge in [-0.25, -0.2) is 4.98 Å². The molecule has 4 rings (SSSR count). The normalized spacial score (nSPS) is 19.9. The van der Waals surface area contributed by atoms with Crippen LogP contribution in [0.4, 0.5) is 0 Å². The van der Waals surface area contributed by atoms with Crippen LogP contribution < -0.4 is 10.5 Å². The number of nitrogens with two attached hydrogens (primary N) is 1. The highest BCUT2D eigenvalue weighted by Crippen LogP contribution is 2.32. The highest BCUT2D eigenvalue weighted by atomic mass is 35.5. The Labute approximate surface area is 194 Å². The molecule has 1 aromatic heterocycles. The average molecular weight is 452 g/mol. The molecule has 1 aliphatic carbocycles. The molecule has 0 bridgehead atoms. The van der Waals surface area contributed by atoms with E-state index in [1.54, 1.807) is 12.1 Å². The molecule has 0 saturated carbocycles. The van der Waals surface area contributed by atoms with E-state index in [9.17, 15) is 4.79 Å². The lowest BCUT2D eigenvalue weighted by Crippen LogP contribution is -2.33. The van der Waals surface area contributed by atoms with E-state index < -0.39 is 5.91 Å². The molecular weight excluding hydrogens is 422 g/mol. The first-order valence-corrected chi connectivity index (χ1v) is 11.7. The molecule has 0 radical (unpaired) electrons. The first-order valence-electron chi connectivity index (χ1n) is 11.3. The van der Waals surface area contributed by atoms with Crippen LogP contribution in [0.15, 0.2) is 60.3 Å². The Bertz CT molecular complexity index is 1010. The van der Waals surface area contributed by atoms with E-state index in [1.807, 2.05) is 18.2 Å². The lowest BCUT2D eigenvalue weighted by molar-refractivity contribution is 0.1000. The maximum atomic E-state index is 11.2. The van der Waals surface area contributed by atoms with Gasteiger partial charge in [0.1, 0.15) is 5.75 Å². The number of allylic oxidation sites excluding steroid dienone is 4. The van der Waals surface area contributed by atoms with E-state index in [0.29, 0.717) is 34.1 Å². The zero-order chi connectivity index (χ0) is 22.5. The van der Waals surface area contributed by atoms with Gasteiger partial charge in [-0.15, -0.1) is 0 Å². The number of primary amides is 1. The van der Waals surface area contributed by atoms with E-state index in [1.165, 1.54) is 43.0 Å². The van der Waals surface area contributed by atoms with Crippen LogP contribution in [0.1, 0.15) is 48.5 Å². The van der Waals surface area contributed by atoms with Crippen LogP contribution in [-0.2, 0) is 6.54 Å². The Kier molecular flexibility index (Phi) is 7.28. The second kappa shape index (κ2) is 10.3. The van der Waals surface area contributed by atoms with E-state index in [-0.39, 0.29) is 0 Å². The Morgan fingerprint density at radius 1 is 1.22 bits per heavy atom. The van der Waals surface area contributed by atoms with Crippen molar-refractivity contribution in [3.63, 3.8) is 0 Å². The molecule has 32 heavy (non-hydrogen) atoms. The van der Waals surface area contributed by atoms with Gasteiger partial charge in [-0.3, -0.25) is 9.69 Å². The van der Waals surface area contributed by atoms with Gasteiger partial charge in [0, 0.05) is 18.8 Å². The third-order valence-electron chi connectivity index (χ3n) is 6.32. The van der Waals surface area contributed by atoms with Crippen molar-refractivity contribution in [2.45, 2.75) is 39.2 Å². The minimum absolute atomic E-state index is 0.337. The van der Waals surface area contributed by atoms with Crippen molar-refractivity contribution in [1.82, 2.24) is 9.88 Å². The molecule has 2 N–H and O–H groups in total. The molecule has 5 nitrogen and oxygen atoms in total. The smallest absolute Gasteiger partial charge is 0.250 e. The monoisotopic (exact) mass is 451 g/mol. The van der Waals surface area contributed by atoms with Crippen molar-refractivity contribution in [1.29, 1.82) is 0 Å². The number of ether oxygens (including phenoxy) is 1. The SMILES string of the molecule is CC1C=CC(C2CCN(Cc3ccc(Oc4ccc(C(N)=O)cn4)c(Cl)c3)CC2)=CCC1. The van der Waals surface area contributed by atoms with Gasteiger partial charge >= 0.3 is 0 Å². The summed E-state index contributed by atoms with van der Waals surface area (Å²) in [5.41, 5.74) is 8.28. The van der Waals surface area contributed by atoms with Crippen LogP contribution in [0, 0.1) is 11.8 Å². The van der Waals surface area contributed by atoms with Crippen molar-refractivity contribution in [3.8, 4) is 11.6 Å². The summed E-state index contributed by atoms with van der Waals surface area (Å²) in [5.74, 6) is 1.75. The number of aromatic nitrogens is 1. The summed E-state index contributed by atoms with van der Waals surface area (Å²) in [5, 5.41) is 0.543. The number of carbonyl (C=O) groups excluding carboxylic acids is 1. The number of likely N-dealkylation sites (tertiary alicyclic amines) is 1. The molecule has 1 aliphatic heterocycles. The number of benzene rings is 1. The van der Waals surface area contributed by atoms with Gasteiger partial charge in [0.15, 0.2) is 0 Å². The van der Waals surface area contributed by atoms with Gasteiger partial charge in [-0.05, 0) is 79.9 Å². The Balaban J connectivity index is 1.32. The van der Waals surface area contributed by atoms with Crippen molar-refractivity contribution in [2.24, 2.45) is 17.6 Å². The fourth-order valence-corrected chi connectivity index (χ4v) is 4.60. The number of rotatable bonds is 6. The second-order valence-electron chi connectivity index (χ2n) is 8.78. The Morgan fingerprint density at radius 3 is 2.72 bits per heavy atom. The van der Waals surface area contributed by atoms with E-state index >= 15 is 0 Å². The maximum absolute atomic E-state index is 11.2. The third kappa shape index (κ3) is 5.78. The van der Waals surface area contributed by atoms with Gasteiger partial charge in [0.25, 0.3) is 0 Å². The molecule has 6 heteroatoms. The molecule has 2 heterocycles. The molecule has 1 unspecified atom stereocenters. The number of hydrogen-bond acceptors (Lipinski definition) is 4. The lowest BCUT2D eigenvalue weighted by Gasteiger charge is -2.32. The predicted octanol–water partition coefficient (Wildman–Crippen LogP) is 5.75. The van der Waals surface area contributed by atoms with Crippen LogP contribution >= 0.6 is 11.6 Å². The summed E-state index contributed by atoms with van der Waals surface area (Å²) in [7, 11) is 0. The van der Waals surface area contributed by atoms with Crippen LogP contribution in [0.3, 0.4) is 0 Å².